The molecule has 0 fully saturated rings. The Morgan fingerprint density at radius 1 is 0.907 bits per heavy atom. The summed E-state index contributed by atoms with van der Waals surface area (Å²) in [4.78, 5) is 19.0. The van der Waals surface area contributed by atoms with Crippen molar-refractivity contribution in [3.63, 3.8) is 0 Å². The molecule has 10 heteroatoms. The number of anilines is 1. The van der Waals surface area contributed by atoms with Crippen LogP contribution in [-0.2, 0) is 34.7 Å². The van der Waals surface area contributed by atoms with Crippen molar-refractivity contribution in [2.75, 3.05) is 57.9 Å². The normalized spacial score (nSPS) is 17.4. The van der Waals surface area contributed by atoms with Crippen molar-refractivity contribution >= 4 is 25.7 Å². The first-order chi connectivity index (χ1) is 26.3. The van der Waals surface area contributed by atoms with Crippen LogP contribution in [0, 0.1) is 11.3 Å². The lowest BCUT2D eigenvalue weighted by Crippen LogP contribution is -2.45. The van der Waals surface area contributed by atoms with Gasteiger partial charge in [0.2, 0.25) is 5.36 Å². The van der Waals surface area contributed by atoms with Crippen molar-refractivity contribution in [3.8, 4) is 17.6 Å². The first kappa shape index (κ1) is 37.1. The maximum atomic E-state index is 14.6. The summed E-state index contributed by atoms with van der Waals surface area (Å²) in [5.41, 5.74) is 10.8. The number of ether oxygens (including phenoxy) is 1. The van der Waals surface area contributed by atoms with Gasteiger partial charge in [-0.1, -0.05) is 18.2 Å². The highest BCUT2D eigenvalue weighted by Crippen LogP contribution is 2.49. The molecule has 1 atom stereocenters. The molecule has 0 saturated heterocycles. The van der Waals surface area contributed by atoms with E-state index < -0.39 is 8.53 Å². The predicted octanol–water partition coefficient (Wildman–Crippen LogP) is 6.49. The van der Waals surface area contributed by atoms with E-state index in [1.165, 1.54) is 33.3 Å². The fourth-order valence-electron chi connectivity index (χ4n) is 9.57. The lowest BCUT2D eigenvalue weighted by atomic mass is 9.81. The minimum atomic E-state index is -1.39. The number of hydrogen-bond acceptors (Lipinski definition) is 7. The summed E-state index contributed by atoms with van der Waals surface area (Å²) in [7, 11) is 0.476. The van der Waals surface area contributed by atoms with Gasteiger partial charge in [0.05, 0.1) is 31.3 Å². The van der Waals surface area contributed by atoms with Crippen molar-refractivity contribution in [1.82, 2.24) is 14.1 Å². The lowest BCUT2D eigenvalue weighted by molar-refractivity contribution is 0.0763. The molecule has 0 bridgehead atoms. The molecule has 5 aliphatic rings. The topological polar surface area (TPSA) is 81.3 Å². The van der Waals surface area contributed by atoms with Crippen molar-refractivity contribution < 1.29 is 18.6 Å². The predicted molar refractivity (Wildman–Crippen MR) is 215 cm³/mol. The molecule has 0 saturated carbocycles. The van der Waals surface area contributed by atoms with Gasteiger partial charge in [-0.15, -0.1) is 0 Å². The van der Waals surface area contributed by atoms with Crippen molar-refractivity contribution in [1.29, 1.82) is 5.26 Å². The molecule has 0 N–H and O–H groups in total. The molecular weight excluding hydrogens is 693 g/mol. The van der Waals surface area contributed by atoms with E-state index in [0.717, 1.165) is 111 Å². The molecule has 1 amide bonds. The molecule has 1 unspecified atom stereocenters. The number of nitrogens with zero attached hydrogens (tertiary/aromatic N) is 5. The molecule has 8 rings (SSSR count). The van der Waals surface area contributed by atoms with Gasteiger partial charge in [0.1, 0.15) is 24.6 Å². The Hall–Kier alpha value is -3.80. The van der Waals surface area contributed by atoms with Crippen LogP contribution in [0.5, 0.6) is 11.5 Å². The van der Waals surface area contributed by atoms with E-state index in [1.54, 1.807) is 4.90 Å². The number of benzene rings is 3. The molecule has 284 valence electrons. The van der Waals surface area contributed by atoms with Crippen molar-refractivity contribution in [3.05, 3.63) is 85.9 Å². The second-order valence-corrected chi connectivity index (χ2v) is 17.5. The number of carbonyl (C=O) groups is 1. The zero-order chi connectivity index (χ0) is 37.5. The van der Waals surface area contributed by atoms with Gasteiger partial charge in [-0.05, 0) is 95.5 Å². The van der Waals surface area contributed by atoms with Crippen LogP contribution in [0.4, 0.5) is 5.69 Å². The monoisotopic (exact) mass is 748 g/mol. The molecule has 54 heavy (non-hydrogen) atoms. The minimum Gasteiger partial charge on any atom is -0.455 e. The smallest absolute Gasteiger partial charge is 0.259 e. The van der Waals surface area contributed by atoms with Gasteiger partial charge >= 0.3 is 0 Å². The molecule has 9 nitrogen and oxygen atoms in total. The van der Waals surface area contributed by atoms with E-state index in [2.05, 4.69) is 72.2 Å². The number of nitriles is 1. The number of aryl methyl sites for hydroxylation is 2. The van der Waals surface area contributed by atoms with Crippen LogP contribution in [0.15, 0.2) is 36.4 Å². The van der Waals surface area contributed by atoms with Crippen LogP contribution in [0.3, 0.4) is 0 Å². The summed E-state index contributed by atoms with van der Waals surface area (Å²) in [6, 6.07) is 15.6. The summed E-state index contributed by atoms with van der Waals surface area (Å²) in [5.74, 6) is 1.97. The summed E-state index contributed by atoms with van der Waals surface area (Å²) in [6.45, 7) is 14.0. The lowest BCUT2D eigenvalue weighted by Gasteiger charge is -2.39. The Bertz CT molecular complexity index is 2110. The molecule has 0 aromatic heterocycles. The average molecular weight is 749 g/mol. The van der Waals surface area contributed by atoms with Crippen LogP contribution < -0.4 is 24.8 Å². The largest absolute Gasteiger partial charge is 0.455 e. The van der Waals surface area contributed by atoms with Gasteiger partial charge in [-0.25, -0.2) is 9.25 Å². The standard InChI is InChI=1S/C44H55N5O4P/c1-29(2)49(30(3)4)54(51-25-12-19-45)52-26-24-46(5)44(50)34-16-7-6-15-33(34)39-37-27-31-13-8-20-47-22-10-17-35(40(31)47)42(37)53-43-36-18-11-23-48-21-9-14-32(41(36)48)28-38(39)43/h6-7,15-16,27-30H,8-14,17-18,20-26H2,1-5H3/q+1. The van der Waals surface area contributed by atoms with Crippen LogP contribution in [0.1, 0.15) is 104 Å². The molecule has 0 aliphatic carbocycles. The second-order valence-electron chi connectivity index (χ2n) is 16.0. The number of amides is 1. The molecule has 3 aromatic carbocycles. The van der Waals surface area contributed by atoms with Gasteiger partial charge in [0, 0.05) is 90.3 Å². The molecule has 5 heterocycles. The Morgan fingerprint density at radius 3 is 2.39 bits per heavy atom. The van der Waals surface area contributed by atoms with Crippen LogP contribution in [-0.4, -0.2) is 80.5 Å². The van der Waals surface area contributed by atoms with E-state index in [9.17, 15) is 4.79 Å². The first-order valence-corrected chi connectivity index (χ1v) is 21.4. The van der Waals surface area contributed by atoms with E-state index in [1.807, 2.05) is 19.2 Å². The summed E-state index contributed by atoms with van der Waals surface area (Å²) in [6.07, 6.45) is 9.01. The van der Waals surface area contributed by atoms with Crippen molar-refractivity contribution in [2.45, 2.75) is 97.6 Å². The summed E-state index contributed by atoms with van der Waals surface area (Å²) < 4.78 is 24.6. The fourth-order valence-corrected chi connectivity index (χ4v) is 11.1. The number of likely N-dealkylation sites (N-methyl/N-ethyl adjacent to an activating group) is 1. The van der Waals surface area contributed by atoms with Gasteiger partial charge in [0.15, 0.2) is 0 Å². The maximum Gasteiger partial charge on any atom is 0.259 e. The molecule has 0 radical (unpaired) electrons. The van der Waals surface area contributed by atoms with Gasteiger partial charge in [-0.3, -0.25) is 4.79 Å². The second kappa shape index (κ2) is 15.7. The maximum absolute atomic E-state index is 14.6. The molecule has 0 spiro atoms. The van der Waals surface area contributed by atoms with Crippen LogP contribution in [0.25, 0.3) is 5.57 Å². The summed E-state index contributed by atoms with van der Waals surface area (Å²) in [5, 5.41) is 11.7. The molecular formula is C44H55N5O4P+. The van der Waals surface area contributed by atoms with Crippen LogP contribution >= 0.6 is 8.53 Å². The van der Waals surface area contributed by atoms with Gasteiger partial charge in [-0.2, -0.15) is 5.26 Å². The number of fused-ring (bicyclic) bond motifs is 4. The number of hydrogen-bond donors (Lipinski definition) is 0. The Labute approximate surface area is 321 Å². The van der Waals surface area contributed by atoms with Crippen molar-refractivity contribution in [2.24, 2.45) is 0 Å². The third-order valence-electron chi connectivity index (χ3n) is 11.8. The van der Waals surface area contributed by atoms with E-state index in [0.29, 0.717) is 31.7 Å². The van der Waals surface area contributed by atoms with Gasteiger partial charge in [0.25, 0.3) is 14.4 Å². The molecule has 5 aliphatic heterocycles. The summed E-state index contributed by atoms with van der Waals surface area (Å²) >= 11 is 0. The third-order valence-corrected chi connectivity index (χ3v) is 13.9. The number of carbonyl (C=O) groups excluding carboxylic acids is 1. The zero-order valence-corrected chi connectivity index (χ0v) is 33.6. The minimum absolute atomic E-state index is 0.0356. The third kappa shape index (κ3) is 6.74. The van der Waals surface area contributed by atoms with Crippen LogP contribution in [0.2, 0.25) is 0 Å². The van der Waals surface area contributed by atoms with E-state index in [4.69, 9.17) is 19.0 Å². The Balaban J connectivity index is 1.20. The highest BCUT2D eigenvalue weighted by molar-refractivity contribution is 7.44. The van der Waals surface area contributed by atoms with Gasteiger partial charge < -0.3 is 23.6 Å². The molecule has 3 aromatic rings. The van der Waals surface area contributed by atoms with E-state index in [-0.39, 0.29) is 18.0 Å². The average Bonchev–Trinajstić information content (AvgIpc) is 3.17. The highest BCUT2D eigenvalue weighted by Gasteiger charge is 2.37. The van der Waals surface area contributed by atoms with E-state index >= 15 is 0 Å². The SMILES string of the molecule is CC(C)N(C(C)C)P(OCCC#N)OCCN(C)C(=O)c1ccccc1C1=c2cc3c4c(c2Oc2c1cc1c5c2CCCN5CCC1)CCC[N+]=4CCC3. The Morgan fingerprint density at radius 2 is 1.61 bits per heavy atom. The number of rotatable bonds is 12. The fraction of sp³-hybridized carbons (Fsp3) is 0.523. The Kier molecular flexibility index (Phi) is 10.8. The quantitative estimate of drug-likeness (QED) is 0.0932. The zero-order valence-electron chi connectivity index (χ0n) is 32.7. The highest BCUT2D eigenvalue weighted by atomic mass is 31.2. The first-order valence-electron chi connectivity index (χ1n) is 20.3.